The minimum absolute atomic E-state index is 0.224. The Balaban J connectivity index is 3.33. The third kappa shape index (κ3) is 6.03. The summed E-state index contributed by atoms with van der Waals surface area (Å²) in [4.78, 5) is 11.7. The number of carboxylic acids is 1. The van der Waals surface area contributed by atoms with Gasteiger partial charge < -0.3 is 5.11 Å². The Bertz CT molecular complexity index is 701. The first kappa shape index (κ1) is 17.9. The molecule has 0 aliphatic carbocycles. The van der Waals surface area contributed by atoms with Crippen LogP contribution in [-0.4, -0.2) is 11.1 Å². The maximum absolute atomic E-state index is 11.7. The predicted molar refractivity (Wildman–Crippen MR) is 93.4 cm³/mol. The second kappa shape index (κ2) is 9.75. The van der Waals surface area contributed by atoms with E-state index in [-0.39, 0.29) is 5.57 Å². The van der Waals surface area contributed by atoms with Crippen molar-refractivity contribution in [1.82, 2.24) is 0 Å². The first-order chi connectivity index (χ1) is 11.1. The van der Waals surface area contributed by atoms with E-state index < -0.39 is 11.9 Å². The summed E-state index contributed by atoms with van der Waals surface area (Å²) in [6.07, 6.45) is 11.5. The SMILES string of the molecule is C=CC=CC(C=Cc1ccccc1)=C(C(=O)O)C(C)C=CC#N. The summed E-state index contributed by atoms with van der Waals surface area (Å²) in [6, 6.07) is 11.5. The summed E-state index contributed by atoms with van der Waals surface area (Å²) in [6.45, 7) is 5.36. The van der Waals surface area contributed by atoms with Gasteiger partial charge in [0.05, 0.1) is 11.6 Å². The molecular formula is C20H19NO2. The van der Waals surface area contributed by atoms with Crippen molar-refractivity contribution in [3.63, 3.8) is 0 Å². The van der Waals surface area contributed by atoms with Gasteiger partial charge in [-0.2, -0.15) is 5.26 Å². The van der Waals surface area contributed by atoms with E-state index in [1.54, 1.807) is 37.3 Å². The molecule has 3 nitrogen and oxygen atoms in total. The molecule has 0 aliphatic heterocycles. The van der Waals surface area contributed by atoms with E-state index in [0.29, 0.717) is 5.57 Å². The van der Waals surface area contributed by atoms with Crippen LogP contribution in [0, 0.1) is 17.2 Å². The third-order valence-electron chi connectivity index (χ3n) is 3.12. The van der Waals surface area contributed by atoms with E-state index in [0.717, 1.165) is 5.56 Å². The Kier molecular flexibility index (Phi) is 7.60. The van der Waals surface area contributed by atoms with Crippen LogP contribution in [-0.2, 0) is 4.79 Å². The van der Waals surface area contributed by atoms with Gasteiger partial charge in [-0.1, -0.05) is 80.3 Å². The number of hydrogen-bond acceptors (Lipinski definition) is 2. The number of carboxylic acid groups (broad SMARTS) is 1. The van der Waals surface area contributed by atoms with Gasteiger partial charge in [0.1, 0.15) is 0 Å². The molecule has 1 atom stereocenters. The smallest absolute Gasteiger partial charge is 0.332 e. The Morgan fingerprint density at radius 3 is 2.57 bits per heavy atom. The maximum Gasteiger partial charge on any atom is 0.332 e. The molecule has 23 heavy (non-hydrogen) atoms. The first-order valence-electron chi connectivity index (χ1n) is 7.16. The van der Waals surface area contributed by atoms with E-state index in [1.807, 2.05) is 42.5 Å². The topological polar surface area (TPSA) is 61.1 Å². The number of benzene rings is 1. The minimum Gasteiger partial charge on any atom is -0.478 e. The third-order valence-corrected chi connectivity index (χ3v) is 3.12. The van der Waals surface area contributed by atoms with E-state index >= 15 is 0 Å². The molecule has 1 aromatic carbocycles. The normalized spacial score (nSPS) is 13.9. The zero-order valence-corrected chi connectivity index (χ0v) is 13.0. The molecule has 0 spiro atoms. The first-order valence-corrected chi connectivity index (χ1v) is 7.16. The summed E-state index contributed by atoms with van der Waals surface area (Å²) in [5.41, 5.74) is 1.76. The zero-order chi connectivity index (χ0) is 17.1. The molecule has 1 N–H and O–H groups in total. The number of allylic oxidation sites excluding steroid dienone is 7. The van der Waals surface area contributed by atoms with Crippen molar-refractivity contribution in [2.75, 3.05) is 0 Å². The van der Waals surface area contributed by atoms with Crippen LogP contribution in [0.5, 0.6) is 0 Å². The van der Waals surface area contributed by atoms with Crippen molar-refractivity contribution < 1.29 is 9.90 Å². The minimum atomic E-state index is -1.01. The lowest BCUT2D eigenvalue weighted by molar-refractivity contribution is -0.133. The van der Waals surface area contributed by atoms with Gasteiger partial charge in [0.25, 0.3) is 0 Å². The van der Waals surface area contributed by atoms with Gasteiger partial charge in [-0.3, -0.25) is 0 Å². The molecule has 1 rings (SSSR count). The zero-order valence-electron chi connectivity index (χ0n) is 13.0. The van der Waals surface area contributed by atoms with Gasteiger partial charge in [0.15, 0.2) is 0 Å². The van der Waals surface area contributed by atoms with Crippen molar-refractivity contribution in [2.24, 2.45) is 5.92 Å². The van der Waals surface area contributed by atoms with Crippen molar-refractivity contribution in [2.45, 2.75) is 6.92 Å². The maximum atomic E-state index is 11.7. The number of carbonyl (C=O) groups is 1. The molecule has 0 amide bonds. The molecule has 116 valence electrons. The highest BCUT2D eigenvalue weighted by molar-refractivity contribution is 5.90. The van der Waals surface area contributed by atoms with Crippen LogP contribution >= 0.6 is 0 Å². The lowest BCUT2D eigenvalue weighted by atomic mass is 9.94. The highest BCUT2D eigenvalue weighted by Gasteiger charge is 2.16. The number of aliphatic carboxylic acids is 1. The van der Waals surface area contributed by atoms with E-state index in [1.165, 1.54) is 6.08 Å². The highest BCUT2D eigenvalue weighted by atomic mass is 16.4. The van der Waals surface area contributed by atoms with Gasteiger partial charge in [-0.25, -0.2) is 4.79 Å². The Hall–Kier alpha value is -3.12. The van der Waals surface area contributed by atoms with E-state index in [4.69, 9.17) is 5.26 Å². The molecule has 0 bridgehead atoms. The molecule has 0 saturated heterocycles. The monoisotopic (exact) mass is 305 g/mol. The van der Waals surface area contributed by atoms with Crippen LogP contribution in [0.1, 0.15) is 12.5 Å². The Morgan fingerprint density at radius 2 is 2.00 bits per heavy atom. The van der Waals surface area contributed by atoms with Crippen molar-refractivity contribution in [3.05, 3.63) is 90.1 Å². The standard InChI is InChI=1S/C20H19NO2/c1-3-4-12-18(14-13-17-10-6-5-7-11-17)19(20(22)23)16(2)9-8-15-21/h3-14,16H,1H2,2H3,(H,22,23). The lowest BCUT2D eigenvalue weighted by Gasteiger charge is -2.10. The fraction of sp³-hybridized carbons (Fsp3) is 0.100. The largest absolute Gasteiger partial charge is 0.478 e. The summed E-state index contributed by atoms with van der Waals surface area (Å²) >= 11 is 0. The van der Waals surface area contributed by atoms with Crippen LogP contribution in [0.4, 0.5) is 0 Å². The average molecular weight is 305 g/mol. The Morgan fingerprint density at radius 1 is 1.30 bits per heavy atom. The summed E-state index contributed by atoms with van der Waals surface area (Å²) in [5.74, 6) is -1.40. The second-order valence-electron chi connectivity index (χ2n) is 4.79. The van der Waals surface area contributed by atoms with Crippen LogP contribution in [0.15, 0.2) is 84.5 Å². The quantitative estimate of drug-likeness (QED) is 0.457. The Labute approximate surface area is 136 Å². The van der Waals surface area contributed by atoms with Gasteiger partial charge in [-0.05, 0) is 11.1 Å². The molecule has 1 unspecified atom stereocenters. The van der Waals surface area contributed by atoms with Gasteiger partial charge in [0.2, 0.25) is 0 Å². The molecule has 0 heterocycles. The average Bonchev–Trinajstić information content (AvgIpc) is 2.55. The fourth-order valence-corrected chi connectivity index (χ4v) is 2.02. The molecule has 0 saturated carbocycles. The molecule has 0 fully saturated rings. The summed E-state index contributed by atoms with van der Waals surface area (Å²) in [7, 11) is 0. The van der Waals surface area contributed by atoms with Crippen LogP contribution in [0.25, 0.3) is 6.08 Å². The van der Waals surface area contributed by atoms with Crippen LogP contribution in [0.2, 0.25) is 0 Å². The van der Waals surface area contributed by atoms with E-state index in [2.05, 4.69) is 6.58 Å². The second-order valence-corrected chi connectivity index (χ2v) is 4.79. The number of nitriles is 1. The number of nitrogens with zero attached hydrogens (tertiary/aromatic N) is 1. The van der Waals surface area contributed by atoms with Crippen molar-refractivity contribution >= 4 is 12.0 Å². The van der Waals surface area contributed by atoms with Crippen molar-refractivity contribution in [1.29, 1.82) is 5.26 Å². The number of rotatable bonds is 7. The van der Waals surface area contributed by atoms with Crippen LogP contribution in [0.3, 0.4) is 0 Å². The molecule has 3 heteroatoms. The molecule has 0 aromatic heterocycles. The molecular weight excluding hydrogens is 286 g/mol. The molecule has 1 aromatic rings. The van der Waals surface area contributed by atoms with Crippen molar-refractivity contribution in [3.8, 4) is 6.07 Å². The van der Waals surface area contributed by atoms with Gasteiger partial charge in [-0.15, -0.1) is 0 Å². The summed E-state index contributed by atoms with van der Waals surface area (Å²) < 4.78 is 0. The highest BCUT2D eigenvalue weighted by Crippen LogP contribution is 2.20. The van der Waals surface area contributed by atoms with Gasteiger partial charge >= 0.3 is 5.97 Å². The lowest BCUT2D eigenvalue weighted by Crippen LogP contribution is -2.10. The fourth-order valence-electron chi connectivity index (χ4n) is 2.02. The predicted octanol–water partition coefficient (Wildman–Crippen LogP) is 4.54. The summed E-state index contributed by atoms with van der Waals surface area (Å²) in [5, 5.41) is 18.2. The molecule has 0 aliphatic rings. The van der Waals surface area contributed by atoms with Crippen LogP contribution < -0.4 is 0 Å². The number of hydrogen-bond donors (Lipinski definition) is 1. The molecule has 0 radical (unpaired) electrons. The van der Waals surface area contributed by atoms with Gasteiger partial charge in [0, 0.05) is 12.0 Å². The van der Waals surface area contributed by atoms with E-state index in [9.17, 15) is 9.90 Å².